The van der Waals surface area contributed by atoms with Crippen LogP contribution < -0.4 is 19.1 Å². The van der Waals surface area contributed by atoms with Crippen LogP contribution in [-0.4, -0.2) is 63.7 Å². The van der Waals surface area contributed by atoms with E-state index >= 15 is 0 Å². The van der Waals surface area contributed by atoms with E-state index in [0.29, 0.717) is 23.6 Å². The summed E-state index contributed by atoms with van der Waals surface area (Å²) in [7, 11) is -0.578. The third kappa shape index (κ3) is 8.93. The summed E-state index contributed by atoms with van der Waals surface area (Å²) in [6.07, 6.45) is 1.87. The smallest absolute Gasteiger partial charge is 0.243 e. The van der Waals surface area contributed by atoms with Gasteiger partial charge in [0.05, 0.1) is 26.2 Å². The molecule has 0 saturated carbocycles. The number of ether oxygens (including phenoxy) is 2. The van der Waals surface area contributed by atoms with Gasteiger partial charge in [0, 0.05) is 25.0 Å². The van der Waals surface area contributed by atoms with E-state index in [1.54, 1.807) is 36.3 Å². The lowest BCUT2D eigenvalue weighted by molar-refractivity contribution is -0.142. The molecule has 0 spiro atoms. The Kier molecular flexibility index (Phi) is 11.0. The molecule has 0 aliphatic heterocycles. The fraction of sp³-hybridized carbons (Fsp3) is 0.500. The lowest BCUT2D eigenvalue weighted by Gasteiger charge is -2.33. The Hall–Kier alpha value is -3.27. The van der Waals surface area contributed by atoms with Gasteiger partial charge in [-0.05, 0) is 63.4 Å². The molecule has 2 aromatic carbocycles. The molecule has 210 valence electrons. The van der Waals surface area contributed by atoms with E-state index in [0.717, 1.165) is 11.8 Å². The van der Waals surface area contributed by atoms with Crippen molar-refractivity contribution >= 4 is 27.5 Å². The van der Waals surface area contributed by atoms with E-state index < -0.39 is 21.6 Å². The predicted molar refractivity (Wildman–Crippen MR) is 150 cm³/mol. The molecule has 0 heterocycles. The number of hydrogen-bond acceptors (Lipinski definition) is 6. The largest absolute Gasteiger partial charge is 0.497 e. The normalized spacial score (nSPS) is 12.4. The molecule has 10 heteroatoms. The number of nitrogens with one attached hydrogen (secondary N) is 1. The Morgan fingerprint density at radius 3 is 2.29 bits per heavy atom. The lowest BCUT2D eigenvalue weighted by atomic mass is 10.0. The van der Waals surface area contributed by atoms with Crippen molar-refractivity contribution < 1.29 is 27.5 Å². The van der Waals surface area contributed by atoms with Gasteiger partial charge in [0.15, 0.2) is 0 Å². The van der Waals surface area contributed by atoms with E-state index in [9.17, 15) is 18.0 Å². The first-order chi connectivity index (χ1) is 17.8. The highest BCUT2D eigenvalue weighted by molar-refractivity contribution is 7.92. The van der Waals surface area contributed by atoms with Crippen molar-refractivity contribution in [2.45, 2.75) is 65.1 Å². The maximum absolute atomic E-state index is 13.6. The summed E-state index contributed by atoms with van der Waals surface area (Å²) < 4.78 is 37.1. The summed E-state index contributed by atoms with van der Waals surface area (Å²) in [5, 5.41) is 2.98. The summed E-state index contributed by atoms with van der Waals surface area (Å²) in [5.74, 6) is 0.608. The number of nitrogens with zero attached hydrogens (tertiary/aromatic N) is 2. The standard InChI is InChI=1S/C28H41N3O6S/c1-8-23(27(33)29-28(2,3)4)30(20-21-13-11-14-22(19-21)36-5)26(32)17-12-18-31(38(7,34)35)24-15-9-10-16-25(24)37-6/h9-11,13-16,19,23H,8,12,17-18,20H2,1-7H3,(H,29,33)/t23-/m1/s1. The minimum absolute atomic E-state index is 0.0600. The van der Waals surface area contributed by atoms with Crippen LogP contribution in [0.15, 0.2) is 48.5 Å². The van der Waals surface area contributed by atoms with Crippen molar-refractivity contribution in [3.63, 3.8) is 0 Å². The summed E-state index contributed by atoms with van der Waals surface area (Å²) in [4.78, 5) is 28.3. The summed E-state index contributed by atoms with van der Waals surface area (Å²) in [6, 6.07) is 13.5. The number of hydrogen-bond donors (Lipinski definition) is 1. The number of carbonyl (C=O) groups is 2. The molecule has 0 radical (unpaired) electrons. The molecular formula is C28H41N3O6S. The van der Waals surface area contributed by atoms with E-state index in [-0.39, 0.29) is 37.7 Å². The molecular weight excluding hydrogens is 506 g/mol. The Balaban J connectivity index is 2.29. The first-order valence-electron chi connectivity index (χ1n) is 12.7. The van der Waals surface area contributed by atoms with Gasteiger partial charge in [-0.15, -0.1) is 0 Å². The Morgan fingerprint density at radius 2 is 1.71 bits per heavy atom. The van der Waals surface area contributed by atoms with Crippen LogP contribution in [0.2, 0.25) is 0 Å². The predicted octanol–water partition coefficient (Wildman–Crippen LogP) is 3.97. The van der Waals surface area contributed by atoms with Gasteiger partial charge in [0.2, 0.25) is 21.8 Å². The molecule has 9 nitrogen and oxygen atoms in total. The number of carbonyl (C=O) groups excluding carboxylic acids is 2. The van der Waals surface area contributed by atoms with Gasteiger partial charge >= 0.3 is 0 Å². The van der Waals surface area contributed by atoms with Gasteiger partial charge in [-0.1, -0.05) is 31.2 Å². The highest BCUT2D eigenvalue weighted by Gasteiger charge is 2.31. The maximum Gasteiger partial charge on any atom is 0.243 e. The van der Waals surface area contributed by atoms with E-state index in [2.05, 4.69) is 5.32 Å². The third-order valence-electron chi connectivity index (χ3n) is 5.88. The minimum Gasteiger partial charge on any atom is -0.497 e. The molecule has 38 heavy (non-hydrogen) atoms. The second-order valence-electron chi connectivity index (χ2n) is 10.1. The number of amides is 2. The van der Waals surface area contributed by atoms with E-state index in [1.807, 2.05) is 52.0 Å². The van der Waals surface area contributed by atoms with E-state index in [4.69, 9.17) is 9.47 Å². The number of rotatable bonds is 13. The van der Waals surface area contributed by atoms with Gasteiger partial charge in [-0.2, -0.15) is 0 Å². The average molecular weight is 548 g/mol. The monoisotopic (exact) mass is 547 g/mol. The topological polar surface area (TPSA) is 105 Å². The van der Waals surface area contributed by atoms with Gasteiger partial charge in [-0.3, -0.25) is 13.9 Å². The number of anilines is 1. The van der Waals surface area contributed by atoms with Crippen LogP contribution in [0.5, 0.6) is 11.5 Å². The molecule has 0 aliphatic carbocycles. The minimum atomic E-state index is -3.63. The van der Waals surface area contributed by atoms with Crippen LogP contribution in [0.3, 0.4) is 0 Å². The van der Waals surface area contributed by atoms with Crippen molar-refractivity contribution in [2.75, 3.05) is 31.3 Å². The van der Waals surface area contributed by atoms with Gasteiger partial charge < -0.3 is 19.7 Å². The molecule has 0 bridgehead atoms. The van der Waals surface area contributed by atoms with Gasteiger partial charge in [-0.25, -0.2) is 8.42 Å². The van der Waals surface area contributed by atoms with Crippen molar-refractivity contribution in [1.29, 1.82) is 0 Å². The van der Waals surface area contributed by atoms with Crippen LogP contribution >= 0.6 is 0 Å². The molecule has 0 fully saturated rings. The fourth-order valence-electron chi connectivity index (χ4n) is 4.16. The zero-order chi connectivity index (χ0) is 28.5. The van der Waals surface area contributed by atoms with Crippen molar-refractivity contribution in [1.82, 2.24) is 10.2 Å². The second kappa shape index (κ2) is 13.5. The molecule has 2 rings (SSSR count). The first-order valence-corrected chi connectivity index (χ1v) is 14.5. The lowest BCUT2D eigenvalue weighted by Crippen LogP contribution is -2.53. The third-order valence-corrected chi connectivity index (χ3v) is 7.06. The van der Waals surface area contributed by atoms with Crippen molar-refractivity contribution in [3.05, 3.63) is 54.1 Å². The number of benzene rings is 2. The Bertz CT molecular complexity index is 1190. The van der Waals surface area contributed by atoms with Crippen LogP contribution in [0.1, 0.15) is 52.5 Å². The molecule has 0 unspecified atom stereocenters. The van der Waals surface area contributed by atoms with Crippen molar-refractivity contribution in [3.8, 4) is 11.5 Å². The van der Waals surface area contributed by atoms with Crippen LogP contribution in [-0.2, 0) is 26.2 Å². The second-order valence-corrected chi connectivity index (χ2v) is 12.1. The molecule has 1 N–H and O–H groups in total. The fourth-order valence-corrected chi connectivity index (χ4v) is 5.13. The van der Waals surface area contributed by atoms with E-state index in [1.165, 1.54) is 11.4 Å². The summed E-state index contributed by atoms with van der Waals surface area (Å²) in [5.41, 5.74) is 0.778. The molecule has 0 aliphatic rings. The summed E-state index contributed by atoms with van der Waals surface area (Å²) in [6.45, 7) is 7.85. The van der Waals surface area contributed by atoms with Gasteiger partial charge in [0.1, 0.15) is 17.5 Å². The molecule has 2 aromatic rings. The van der Waals surface area contributed by atoms with Gasteiger partial charge in [0.25, 0.3) is 0 Å². The number of para-hydroxylation sites is 2. The first kappa shape index (κ1) is 31.0. The van der Waals surface area contributed by atoms with Crippen LogP contribution in [0, 0.1) is 0 Å². The number of sulfonamides is 1. The quantitative estimate of drug-likeness (QED) is 0.407. The zero-order valence-corrected chi connectivity index (χ0v) is 24.3. The molecule has 2 amide bonds. The average Bonchev–Trinajstić information content (AvgIpc) is 2.84. The highest BCUT2D eigenvalue weighted by Crippen LogP contribution is 2.30. The maximum atomic E-state index is 13.6. The molecule has 0 aromatic heterocycles. The Morgan fingerprint density at radius 1 is 1.03 bits per heavy atom. The molecule has 1 atom stereocenters. The molecule has 0 saturated heterocycles. The Labute approximate surface area is 227 Å². The van der Waals surface area contributed by atoms with Crippen LogP contribution in [0.25, 0.3) is 0 Å². The number of methoxy groups -OCH3 is 2. The zero-order valence-electron chi connectivity index (χ0n) is 23.5. The summed E-state index contributed by atoms with van der Waals surface area (Å²) >= 11 is 0. The highest BCUT2D eigenvalue weighted by atomic mass is 32.2. The SMILES string of the molecule is CC[C@H](C(=O)NC(C)(C)C)N(Cc1cccc(OC)c1)C(=O)CCCN(c1ccccc1OC)S(C)(=O)=O. The van der Waals surface area contributed by atoms with Crippen molar-refractivity contribution in [2.24, 2.45) is 0 Å². The van der Waals surface area contributed by atoms with Crippen LogP contribution in [0.4, 0.5) is 5.69 Å².